The van der Waals surface area contributed by atoms with E-state index >= 15 is 0 Å². The van der Waals surface area contributed by atoms with Gasteiger partial charge in [-0.05, 0) is 6.92 Å². The smallest absolute Gasteiger partial charge is 0.173 e. The molecule has 0 aliphatic carbocycles. The maximum atomic E-state index is 13.9. The monoisotopic (exact) mass is 229 g/mol. The summed E-state index contributed by atoms with van der Waals surface area (Å²) < 4.78 is 29.1. The molecule has 0 saturated carbocycles. The number of halogens is 1. The summed E-state index contributed by atoms with van der Waals surface area (Å²) in [4.78, 5) is 0. The molecule has 1 atom stereocenters. The van der Waals surface area contributed by atoms with Crippen molar-refractivity contribution in [1.29, 1.82) is 0 Å². The third kappa shape index (κ3) is 2.04. The van der Waals surface area contributed by atoms with Crippen molar-refractivity contribution in [1.82, 2.24) is 0 Å². The predicted octanol–water partition coefficient (Wildman–Crippen LogP) is 1.87. The Bertz CT molecular complexity index is 380. The lowest BCUT2D eigenvalue weighted by Crippen LogP contribution is -2.11. The Hall–Kier alpha value is -1.49. The van der Waals surface area contributed by atoms with E-state index in [0.29, 0.717) is 11.5 Å². The number of benzene rings is 1. The van der Waals surface area contributed by atoms with Crippen LogP contribution in [0.25, 0.3) is 0 Å². The Morgan fingerprint density at radius 2 is 1.69 bits per heavy atom. The number of rotatable bonds is 4. The molecule has 0 fully saturated rings. The van der Waals surface area contributed by atoms with Crippen LogP contribution in [0.4, 0.5) is 4.39 Å². The molecular formula is C11H16FNO3. The molecule has 0 aliphatic heterocycles. The first-order valence-electron chi connectivity index (χ1n) is 4.80. The van der Waals surface area contributed by atoms with Crippen molar-refractivity contribution in [2.45, 2.75) is 13.0 Å². The van der Waals surface area contributed by atoms with E-state index in [1.54, 1.807) is 6.92 Å². The van der Waals surface area contributed by atoms with Crippen LogP contribution in [-0.4, -0.2) is 21.3 Å². The first-order valence-corrected chi connectivity index (χ1v) is 4.80. The Balaban J connectivity index is 3.51. The van der Waals surface area contributed by atoms with Crippen molar-refractivity contribution < 1.29 is 18.6 Å². The second-order valence-corrected chi connectivity index (χ2v) is 3.33. The van der Waals surface area contributed by atoms with Gasteiger partial charge in [-0.3, -0.25) is 0 Å². The summed E-state index contributed by atoms with van der Waals surface area (Å²) in [6.07, 6.45) is 0. The molecule has 0 heterocycles. The number of ether oxygens (including phenoxy) is 3. The van der Waals surface area contributed by atoms with Crippen LogP contribution in [0, 0.1) is 5.82 Å². The number of methoxy groups -OCH3 is 3. The normalized spacial score (nSPS) is 12.1. The Morgan fingerprint density at radius 1 is 1.12 bits per heavy atom. The number of hydrogen-bond donors (Lipinski definition) is 1. The molecule has 1 rings (SSSR count). The van der Waals surface area contributed by atoms with Crippen LogP contribution in [0.1, 0.15) is 18.5 Å². The topological polar surface area (TPSA) is 53.7 Å². The average molecular weight is 229 g/mol. The summed E-state index contributed by atoms with van der Waals surface area (Å²) in [6.45, 7) is 1.67. The first kappa shape index (κ1) is 12.6. The minimum Gasteiger partial charge on any atom is -0.494 e. The fourth-order valence-corrected chi connectivity index (χ4v) is 1.53. The Labute approximate surface area is 94.1 Å². The molecule has 0 aliphatic rings. The lowest BCUT2D eigenvalue weighted by atomic mass is 10.1. The van der Waals surface area contributed by atoms with E-state index in [2.05, 4.69) is 0 Å². The highest BCUT2D eigenvalue weighted by Crippen LogP contribution is 2.40. The Morgan fingerprint density at radius 3 is 2.06 bits per heavy atom. The van der Waals surface area contributed by atoms with E-state index in [9.17, 15) is 4.39 Å². The zero-order valence-electron chi connectivity index (χ0n) is 9.83. The highest BCUT2D eigenvalue weighted by Gasteiger charge is 2.22. The van der Waals surface area contributed by atoms with Gasteiger partial charge in [0.15, 0.2) is 23.1 Å². The molecule has 1 aromatic carbocycles. The summed E-state index contributed by atoms with van der Waals surface area (Å²) in [5.74, 6) is 0.268. The SMILES string of the molecule is COc1cc(OC)c(OC)c(C(C)N)c1F. The first-order chi connectivity index (χ1) is 7.56. The summed E-state index contributed by atoms with van der Waals surface area (Å²) in [7, 11) is 4.30. The van der Waals surface area contributed by atoms with Crippen LogP contribution in [0.2, 0.25) is 0 Å². The van der Waals surface area contributed by atoms with E-state index < -0.39 is 11.9 Å². The summed E-state index contributed by atoms with van der Waals surface area (Å²) >= 11 is 0. The van der Waals surface area contributed by atoms with Crippen molar-refractivity contribution in [3.8, 4) is 17.2 Å². The van der Waals surface area contributed by atoms with Gasteiger partial charge in [-0.15, -0.1) is 0 Å². The van der Waals surface area contributed by atoms with Gasteiger partial charge < -0.3 is 19.9 Å². The summed E-state index contributed by atoms with van der Waals surface area (Å²) in [5.41, 5.74) is 5.96. The van der Waals surface area contributed by atoms with Crippen LogP contribution < -0.4 is 19.9 Å². The van der Waals surface area contributed by atoms with Crippen molar-refractivity contribution >= 4 is 0 Å². The van der Waals surface area contributed by atoms with Gasteiger partial charge in [-0.1, -0.05) is 0 Å². The lowest BCUT2D eigenvalue weighted by Gasteiger charge is -2.18. The molecule has 0 amide bonds. The van der Waals surface area contributed by atoms with Crippen molar-refractivity contribution in [3.63, 3.8) is 0 Å². The van der Waals surface area contributed by atoms with Crippen LogP contribution in [0.3, 0.4) is 0 Å². The second kappa shape index (κ2) is 5.03. The standard InChI is InChI=1S/C11H16FNO3/c1-6(13)9-10(12)7(14-2)5-8(15-3)11(9)16-4/h5-6H,13H2,1-4H3. The Kier molecular flexibility index (Phi) is 3.95. The molecule has 4 nitrogen and oxygen atoms in total. The molecular weight excluding hydrogens is 213 g/mol. The van der Waals surface area contributed by atoms with Gasteiger partial charge in [0.25, 0.3) is 0 Å². The van der Waals surface area contributed by atoms with Gasteiger partial charge in [0.05, 0.1) is 26.9 Å². The van der Waals surface area contributed by atoms with Crippen LogP contribution in [0.15, 0.2) is 6.07 Å². The molecule has 0 saturated heterocycles. The molecule has 2 N–H and O–H groups in total. The fourth-order valence-electron chi connectivity index (χ4n) is 1.53. The van der Waals surface area contributed by atoms with E-state index in [4.69, 9.17) is 19.9 Å². The molecule has 5 heteroatoms. The molecule has 90 valence electrons. The number of hydrogen-bond acceptors (Lipinski definition) is 4. The quantitative estimate of drug-likeness (QED) is 0.856. The van der Waals surface area contributed by atoms with Crippen molar-refractivity contribution in [2.24, 2.45) is 5.73 Å². The highest BCUT2D eigenvalue weighted by molar-refractivity contribution is 5.54. The third-order valence-corrected chi connectivity index (χ3v) is 2.28. The maximum absolute atomic E-state index is 13.9. The molecule has 1 aromatic rings. The van der Waals surface area contributed by atoms with Crippen LogP contribution in [0.5, 0.6) is 17.2 Å². The lowest BCUT2D eigenvalue weighted by molar-refractivity contribution is 0.332. The van der Waals surface area contributed by atoms with E-state index in [1.807, 2.05) is 0 Å². The molecule has 0 bridgehead atoms. The maximum Gasteiger partial charge on any atom is 0.173 e. The fraction of sp³-hybridized carbons (Fsp3) is 0.455. The largest absolute Gasteiger partial charge is 0.494 e. The summed E-state index contributed by atoms with van der Waals surface area (Å²) in [6, 6.07) is 0.916. The van der Waals surface area contributed by atoms with Crippen molar-refractivity contribution in [2.75, 3.05) is 21.3 Å². The predicted molar refractivity (Wildman–Crippen MR) is 58.7 cm³/mol. The molecule has 0 spiro atoms. The van der Waals surface area contributed by atoms with E-state index in [1.165, 1.54) is 27.4 Å². The molecule has 0 aromatic heterocycles. The van der Waals surface area contributed by atoms with Crippen LogP contribution in [-0.2, 0) is 0 Å². The highest BCUT2D eigenvalue weighted by atomic mass is 19.1. The van der Waals surface area contributed by atoms with E-state index in [-0.39, 0.29) is 11.3 Å². The zero-order chi connectivity index (χ0) is 12.3. The van der Waals surface area contributed by atoms with E-state index in [0.717, 1.165) is 0 Å². The van der Waals surface area contributed by atoms with Gasteiger partial charge in [0.2, 0.25) is 0 Å². The molecule has 1 unspecified atom stereocenters. The molecule has 16 heavy (non-hydrogen) atoms. The van der Waals surface area contributed by atoms with Gasteiger partial charge in [0, 0.05) is 12.1 Å². The van der Waals surface area contributed by atoms with Gasteiger partial charge in [-0.2, -0.15) is 0 Å². The average Bonchev–Trinajstić information content (AvgIpc) is 2.27. The second-order valence-electron chi connectivity index (χ2n) is 3.33. The zero-order valence-corrected chi connectivity index (χ0v) is 9.83. The summed E-state index contributed by atoms with van der Waals surface area (Å²) in [5, 5.41) is 0. The third-order valence-electron chi connectivity index (χ3n) is 2.28. The minimum atomic E-state index is -0.518. The van der Waals surface area contributed by atoms with Crippen molar-refractivity contribution in [3.05, 3.63) is 17.4 Å². The molecule has 0 radical (unpaired) electrons. The van der Waals surface area contributed by atoms with Gasteiger partial charge >= 0.3 is 0 Å². The minimum absolute atomic E-state index is 0.0879. The van der Waals surface area contributed by atoms with Gasteiger partial charge in [-0.25, -0.2) is 4.39 Å². The van der Waals surface area contributed by atoms with Crippen LogP contribution >= 0.6 is 0 Å². The van der Waals surface area contributed by atoms with Gasteiger partial charge in [0.1, 0.15) is 0 Å². The number of nitrogens with two attached hydrogens (primary N) is 1.